The summed E-state index contributed by atoms with van der Waals surface area (Å²) >= 11 is 0. The molecule has 0 radical (unpaired) electrons. The van der Waals surface area contributed by atoms with E-state index in [9.17, 15) is 5.11 Å². The van der Waals surface area contributed by atoms with Crippen LogP contribution in [0.1, 0.15) is 39.0 Å². The Morgan fingerprint density at radius 1 is 1.44 bits per heavy atom. The van der Waals surface area contributed by atoms with Gasteiger partial charge in [-0.25, -0.2) is 0 Å². The van der Waals surface area contributed by atoms with E-state index in [-0.39, 0.29) is 5.54 Å². The summed E-state index contributed by atoms with van der Waals surface area (Å²) in [5.74, 6) is 0.752. The van der Waals surface area contributed by atoms with Gasteiger partial charge in [0, 0.05) is 5.54 Å². The lowest BCUT2D eigenvalue weighted by Crippen LogP contribution is -2.52. The van der Waals surface area contributed by atoms with Crippen molar-refractivity contribution in [3.8, 4) is 0 Å². The van der Waals surface area contributed by atoms with Gasteiger partial charge in [0.2, 0.25) is 0 Å². The maximum absolute atomic E-state index is 9.59. The van der Waals surface area contributed by atoms with Gasteiger partial charge in [0.05, 0.1) is 6.61 Å². The Morgan fingerprint density at radius 3 is 2.75 bits per heavy atom. The lowest BCUT2D eigenvalue weighted by atomic mass is 9.77. The first-order chi connectivity index (χ1) is 7.58. The predicted octanol–water partition coefficient (Wildman–Crippen LogP) is 1.47. The highest BCUT2D eigenvalue weighted by molar-refractivity contribution is 4.92. The summed E-state index contributed by atoms with van der Waals surface area (Å²) in [5, 5.41) is 13.2. The molecule has 0 aromatic heterocycles. The maximum atomic E-state index is 9.59. The molecule has 0 amide bonds. The van der Waals surface area contributed by atoms with E-state index in [1.54, 1.807) is 0 Å². The molecule has 1 saturated carbocycles. The van der Waals surface area contributed by atoms with Crippen LogP contribution < -0.4 is 5.32 Å². The first-order valence-corrected chi connectivity index (χ1v) is 6.58. The summed E-state index contributed by atoms with van der Waals surface area (Å²) in [6, 6.07) is 0. The fourth-order valence-electron chi connectivity index (χ4n) is 2.77. The van der Waals surface area contributed by atoms with Crippen molar-refractivity contribution < 1.29 is 5.11 Å². The maximum Gasteiger partial charge on any atom is 0.0613 e. The molecular weight excluding hydrogens is 200 g/mol. The third kappa shape index (κ3) is 4.40. The molecule has 0 aromatic rings. The lowest BCUT2D eigenvalue weighted by Gasteiger charge is -2.39. The van der Waals surface area contributed by atoms with Crippen LogP contribution in [0.25, 0.3) is 0 Å². The van der Waals surface area contributed by atoms with E-state index in [2.05, 4.69) is 31.2 Å². The van der Waals surface area contributed by atoms with E-state index in [1.165, 1.54) is 12.8 Å². The largest absolute Gasteiger partial charge is 0.394 e. The average molecular weight is 228 g/mol. The summed E-state index contributed by atoms with van der Waals surface area (Å²) in [6.07, 6.45) is 5.99. The van der Waals surface area contributed by atoms with Crippen LogP contribution in [0.15, 0.2) is 0 Å². The van der Waals surface area contributed by atoms with Gasteiger partial charge in [0.15, 0.2) is 0 Å². The molecule has 1 fully saturated rings. The Bertz CT molecular complexity index is 196. The number of hydrogen-bond donors (Lipinski definition) is 2. The van der Waals surface area contributed by atoms with Crippen LogP contribution in [0.3, 0.4) is 0 Å². The van der Waals surface area contributed by atoms with Crippen LogP contribution in [-0.2, 0) is 0 Å². The Hall–Kier alpha value is -0.120. The highest BCUT2D eigenvalue weighted by Crippen LogP contribution is 2.31. The van der Waals surface area contributed by atoms with Gasteiger partial charge in [-0.15, -0.1) is 0 Å². The molecule has 3 heteroatoms. The molecule has 3 nitrogen and oxygen atoms in total. The van der Waals surface area contributed by atoms with Gasteiger partial charge in [0.25, 0.3) is 0 Å². The fourth-order valence-corrected chi connectivity index (χ4v) is 2.77. The van der Waals surface area contributed by atoms with Crippen LogP contribution in [-0.4, -0.2) is 49.3 Å². The Kier molecular flexibility index (Phi) is 5.73. The van der Waals surface area contributed by atoms with E-state index < -0.39 is 0 Å². The van der Waals surface area contributed by atoms with Crippen LogP contribution >= 0.6 is 0 Å². The average Bonchev–Trinajstić information content (AvgIpc) is 2.24. The lowest BCUT2D eigenvalue weighted by molar-refractivity contribution is 0.0991. The van der Waals surface area contributed by atoms with Crippen molar-refractivity contribution in [2.24, 2.45) is 5.92 Å². The van der Waals surface area contributed by atoms with Crippen LogP contribution in [0.4, 0.5) is 0 Å². The van der Waals surface area contributed by atoms with Gasteiger partial charge in [-0.1, -0.05) is 19.8 Å². The zero-order valence-electron chi connectivity index (χ0n) is 11.1. The smallest absolute Gasteiger partial charge is 0.0613 e. The molecule has 16 heavy (non-hydrogen) atoms. The highest BCUT2D eigenvalue weighted by Gasteiger charge is 2.33. The standard InChI is InChI=1S/C13H28N2O/c1-12-6-4-7-13(10-12,11-16)14-8-5-9-15(2)3/h12,14,16H,4-11H2,1-3H3. The third-order valence-corrected chi connectivity index (χ3v) is 3.68. The molecule has 0 aromatic carbocycles. The second kappa shape index (κ2) is 6.58. The minimum atomic E-state index is 0.0178. The zero-order valence-corrected chi connectivity index (χ0v) is 11.1. The van der Waals surface area contributed by atoms with Gasteiger partial charge in [-0.3, -0.25) is 0 Å². The molecule has 0 aliphatic heterocycles. The van der Waals surface area contributed by atoms with E-state index >= 15 is 0 Å². The summed E-state index contributed by atoms with van der Waals surface area (Å²) in [4.78, 5) is 2.21. The number of hydrogen-bond acceptors (Lipinski definition) is 3. The molecule has 0 saturated heterocycles. The summed E-state index contributed by atoms with van der Waals surface area (Å²) in [7, 11) is 4.20. The topological polar surface area (TPSA) is 35.5 Å². The van der Waals surface area contributed by atoms with Gasteiger partial charge in [-0.2, -0.15) is 0 Å². The SMILES string of the molecule is CC1CCCC(CO)(NCCCN(C)C)C1. The van der Waals surface area contributed by atoms with Crippen molar-refractivity contribution >= 4 is 0 Å². The molecule has 2 N–H and O–H groups in total. The summed E-state index contributed by atoms with van der Waals surface area (Å²) in [6.45, 7) is 4.72. The number of nitrogens with zero attached hydrogens (tertiary/aromatic N) is 1. The molecule has 1 aliphatic carbocycles. The Morgan fingerprint density at radius 2 is 2.19 bits per heavy atom. The fraction of sp³-hybridized carbons (Fsp3) is 1.00. The molecule has 2 atom stereocenters. The predicted molar refractivity (Wildman–Crippen MR) is 68.6 cm³/mol. The van der Waals surface area contributed by atoms with E-state index in [0.717, 1.165) is 38.3 Å². The molecule has 0 heterocycles. The second-order valence-corrected chi connectivity index (χ2v) is 5.72. The van der Waals surface area contributed by atoms with Crippen molar-refractivity contribution in [3.05, 3.63) is 0 Å². The van der Waals surface area contributed by atoms with Crippen LogP contribution in [0, 0.1) is 5.92 Å². The van der Waals surface area contributed by atoms with Crippen molar-refractivity contribution in [1.29, 1.82) is 0 Å². The van der Waals surface area contributed by atoms with Gasteiger partial charge in [0.1, 0.15) is 0 Å². The quantitative estimate of drug-likeness (QED) is 0.676. The second-order valence-electron chi connectivity index (χ2n) is 5.72. The van der Waals surface area contributed by atoms with Crippen LogP contribution in [0.2, 0.25) is 0 Å². The number of nitrogens with one attached hydrogen (secondary N) is 1. The number of rotatable bonds is 6. The normalized spacial score (nSPS) is 30.9. The molecule has 1 aliphatic rings. The van der Waals surface area contributed by atoms with Crippen molar-refractivity contribution in [2.45, 2.75) is 44.6 Å². The summed E-state index contributed by atoms with van der Waals surface area (Å²) in [5.41, 5.74) is 0.0178. The molecule has 0 spiro atoms. The zero-order chi connectivity index (χ0) is 12.0. The molecule has 1 rings (SSSR count). The first-order valence-electron chi connectivity index (χ1n) is 6.58. The van der Waals surface area contributed by atoms with E-state index in [0.29, 0.717) is 6.61 Å². The number of aliphatic hydroxyl groups is 1. The molecular formula is C13H28N2O. The molecule has 96 valence electrons. The highest BCUT2D eigenvalue weighted by atomic mass is 16.3. The van der Waals surface area contributed by atoms with E-state index in [1.807, 2.05) is 0 Å². The Balaban J connectivity index is 2.29. The Labute approximate surface area is 100 Å². The van der Waals surface area contributed by atoms with Crippen molar-refractivity contribution in [2.75, 3.05) is 33.8 Å². The van der Waals surface area contributed by atoms with Gasteiger partial charge >= 0.3 is 0 Å². The molecule has 2 unspecified atom stereocenters. The van der Waals surface area contributed by atoms with Crippen molar-refractivity contribution in [1.82, 2.24) is 10.2 Å². The van der Waals surface area contributed by atoms with Gasteiger partial charge < -0.3 is 15.3 Å². The van der Waals surface area contributed by atoms with Crippen molar-refractivity contribution in [3.63, 3.8) is 0 Å². The first kappa shape index (κ1) is 13.9. The molecule has 0 bridgehead atoms. The third-order valence-electron chi connectivity index (χ3n) is 3.68. The van der Waals surface area contributed by atoms with Gasteiger partial charge in [-0.05, 0) is 52.4 Å². The number of aliphatic hydroxyl groups excluding tert-OH is 1. The van der Waals surface area contributed by atoms with Crippen LogP contribution in [0.5, 0.6) is 0 Å². The monoisotopic (exact) mass is 228 g/mol. The minimum Gasteiger partial charge on any atom is -0.394 e. The minimum absolute atomic E-state index is 0.0178. The summed E-state index contributed by atoms with van der Waals surface area (Å²) < 4.78 is 0. The van der Waals surface area contributed by atoms with E-state index in [4.69, 9.17) is 0 Å².